The minimum Gasteiger partial charge on any atom is -0.481 e. The third-order valence-corrected chi connectivity index (χ3v) is 4.84. The molecule has 2 atom stereocenters. The Morgan fingerprint density at radius 2 is 2.00 bits per heavy atom. The quantitative estimate of drug-likeness (QED) is 0.860. The first kappa shape index (κ1) is 18.9. The van der Waals surface area contributed by atoms with Crippen molar-refractivity contribution in [2.75, 3.05) is 18.4 Å². The number of amides is 2. The molecule has 2 N–H and O–H groups in total. The number of aromatic nitrogens is 3. The van der Waals surface area contributed by atoms with Crippen molar-refractivity contribution in [3.63, 3.8) is 0 Å². The second-order valence-electron chi connectivity index (χ2n) is 7.41. The van der Waals surface area contributed by atoms with E-state index in [1.165, 1.54) is 0 Å². The number of carboxylic acid groups (broad SMARTS) is 1. The van der Waals surface area contributed by atoms with Gasteiger partial charge in [-0.05, 0) is 38.3 Å². The predicted molar refractivity (Wildman–Crippen MR) is 101 cm³/mol. The maximum Gasteiger partial charge on any atom is 0.321 e. The molecule has 1 aromatic carbocycles. The molecule has 0 radical (unpaired) electrons. The molecule has 1 saturated heterocycles. The van der Waals surface area contributed by atoms with Crippen LogP contribution in [-0.4, -0.2) is 49.9 Å². The molecule has 8 heteroatoms. The van der Waals surface area contributed by atoms with E-state index in [1.54, 1.807) is 11.2 Å². The number of anilines is 1. The number of piperidine rings is 1. The zero-order valence-corrected chi connectivity index (χ0v) is 15.8. The van der Waals surface area contributed by atoms with Crippen molar-refractivity contribution in [2.24, 2.45) is 11.8 Å². The molecule has 1 aliphatic heterocycles. The van der Waals surface area contributed by atoms with Crippen LogP contribution in [0.4, 0.5) is 10.5 Å². The van der Waals surface area contributed by atoms with Crippen LogP contribution in [-0.2, 0) is 4.79 Å². The summed E-state index contributed by atoms with van der Waals surface area (Å²) in [5, 5.41) is 20.4. The summed E-state index contributed by atoms with van der Waals surface area (Å²) in [6.07, 6.45) is 2.26. The second-order valence-corrected chi connectivity index (χ2v) is 7.41. The molecule has 1 aromatic heterocycles. The molecule has 1 aliphatic rings. The number of hydrogen-bond acceptors (Lipinski definition) is 4. The van der Waals surface area contributed by atoms with Gasteiger partial charge in [0, 0.05) is 24.7 Å². The van der Waals surface area contributed by atoms with Gasteiger partial charge >= 0.3 is 12.0 Å². The van der Waals surface area contributed by atoms with Gasteiger partial charge in [-0.2, -0.15) is 0 Å². The van der Waals surface area contributed by atoms with E-state index < -0.39 is 11.9 Å². The summed E-state index contributed by atoms with van der Waals surface area (Å²) in [5.74, 6) is -0.565. The van der Waals surface area contributed by atoms with Gasteiger partial charge in [-0.15, -0.1) is 10.2 Å². The molecule has 0 spiro atoms. The average Bonchev–Trinajstić information content (AvgIpc) is 3.11. The predicted octanol–water partition coefficient (Wildman–Crippen LogP) is 3.10. The first-order valence-electron chi connectivity index (χ1n) is 9.14. The Bertz CT molecular complexity index is 832. The lowest BCUT2D eigenvalue weighted by Crippen LogP contribution is -2.47. The Hall–Kier alpha value is -2.90. The molecule has 8 nitrogen and oxygen atoms in total. The number of likely N-dealkylation sites (tertiary alicyclic amines) is 1. The van der Waals surface area contributed by atoms with E-state index >= 15 is 0 Å². The van der Waals surface area contributed by atoms with Gasteiger partial charge in [-0.3, -0.25) is 4.79 Å². The van der Waals surface area contributed by atoms with Crippen molar-refractivity contribution >= 4 is 17.7 Å². The van der Waals surface area contributed by atoms with Gasteiger partial charge in [-0.1, -0.05) is 19.1 Å². The number of aliphatic carboxylic acids is 1. The van der Waals surface area contributed by atoms with Crippen molar-refractivity contribution in [3.8, 4) is 11.4 Å². The van der Waals surface area contributed by atoms with Crippen LogP contribution >= 0.6 is 0 Å². The van der Waals surface area contributed by atoms with Gasteiger partial charge in [0.05, 0.1) is 11.6 Å². The van der Waals surface area contributed by atoms with Gasteiger partial charge in [0.25, 0.3) is 0 Å². The van der Waals surface area contributed by atoms with E-state index in [4.69, 9.17) is 0 Å². The van der Waals surface area contributed by atoms with Crippen LogP contribution in [0, 0.1) is 11.8 Å². The third-order valence-electron chi connectivity index (χ3n) is 4.84. The molecular weight excluding hydrogens is 346 g/mol. The van der Waals surface area contributed by atoms with E-state index in [0.29, 0.717) is 24.5 Å². The van der Waals surface area contributed by atoms with Crippen molar-refractivity contribution in [3.05, 3.63) is 30.6 Å². The SMILES string of the molecule is CC1CC(C(=O)O)CN(C(=O)Nc2ccccc2-c2nncn2C(C)C)C1. The zero-order chi connectivity index (χ0) is 19.6. The highest BCUT2D eigenvalue weighted by Crippen LogP contribution is 2.29. The van der Waals surface area contributed by atoms with Gasteiger partial charge in [-0.25, -0.2) is 4.79 Å². The molecule has 1 fully saturated rings. The smallest absolute Gasteiger partial charge is 0.321 e. The Kier molecular flexibility index (Phi) is 5.43. The van der Waals surface area contributed by atoms with Crippen molar-refractivity contribution in [2.45, 2.75) is 33.2 Å². The van der Waals surface area contributed by atoms with Crippen LogP contribution in [0.3, 0.4) is 0 Å². The first-order chi connectivity index (χ1) is 12.9. The minimum absolute atomic E-state index is 0.143. The molecule has 2 aromatic rings. The van der Waals surface area contributed by atoms with Gasteiger partial charge in [0.2, 0.25) is 0 Å². The summed E-state index contributed by atoms with van der Waals surface area (Å²) in [7, 11) is 0. The average molecular weight is 371 g/mol. The number of benzene rings is 1. The van der Waals surface area contributed by atoms with E-state index in [-0.39, 0.29) is 24.5 Å². The van der Waals surface area contributed by atoms with Crippen molar-refractivity contribution in [1.29, 1.82) is 0 Å². The number of nitrogens with zero attached hydrogens (tertiary/aromatic N) is 4. The van der Waals surface area contributed by atoms with Crippen molar-refractivity contribution < 1.29 is 14.7 Å². The van der Waals surface area contributed by atoms with Gasteiger partial charge in [0.1, 0.15) is 6.33 Å². The molecule has 0 saturated carbocycles. The van der Waals surface area contributed by atoms with Gasteiger partial charge in [0.15, 0.2) is 5.82 Å². The first-order valence-corrected chi connectivity index (χ1v) is 9.14. The fourth-order valence-electron chi connectivity index (χ4n) is 3.49. The lowest BCUT2D eigenvalue weighted by Gasteiger charge is -2.34. The number of rotatable bonds is 4. The standard InChI is InChI=1S/C19H25N5O3/c1-12(2)24-11-20-22-17(24)15-6-4-5-7-16(15)21-19(27)23-9-13(3)8-14(10-23)18(25)26/h4-7,11-14H,8-10H2,1-3H3,(H,21,27)(H,25,26). The normalized spacial score (nSPS) is 19.9. The number of carbonyl (C=O) groups is 2. The van der Waals surface area contributed by atoms with Crippen LogP contribution < -0.4 is 5.32 Å². The summed E-state index contributed by atoms with van der Waals surface area (Å²) in [6.45, 7) is 6.80. The number of carbonyl (C=O) groups excluding carboxylic acids is 1. The molecule has 2 amide bonds. The molecule has 0 aliphatic carbocycles. The van der Waals surface area contributed by atoms with Crippen LogP contribution in [0.2, 0.25) is 0 Å². The Labute approximate surface area is 158 Å². The van der Waals surface area contributed by atoms with Crippen LogP contribution in [0.1, 0.15) is 33.2 Å². The number of carboxylic acids is 1. The Balaban J connectivity index is 1.83. The molecule has 2 unspecified atom stereocenters. The largest absolute Gasteiger partial charge is 0.481 e. The maximum absolute atomic E-state index is 12.8. The number of urea groups is 1. The molecule has 3 rings (SSSR count). The maximum atomic E-state index is 12.8. The number of hydrogen-bond donors (Lipinski definition) is 2. The van der Waals surface area contributed by atoms with Crippen LogP contribution in [0.5, 0.6) is 0 Å². The Morgan fingerprint density at radius 3 is 2.70 bits per heavy atom. The Morgan fingerprint density at radius 1 is 1.26 bits per heavy atom. The summed E-state index contributed by atoms with van der Waals surface area (Å²) >= 11 is 0. The molecule has 144 valence electrons. The highest BCUT2D eigenvalue weighted by Gasteiger charge is 2.32. The lowest BCUT2D eigenvalue weighted by molar-refractivity contribution is -0.143. The topological polar surface area (TPSA) is 100 Å². The van der Waals surface area contributed by atoms with Gasteiger partial charge < -0.3 is 19.9 Å². The van der Waals surface area contributed by atoms with E-state index in [0.717, 1.165) is 5.56 Å². The zero-order valence-electron chi connectivity index (χ0n) is 15.8. The summed E-state index contributed by atoms with van der Waals surface area (Å²) in [6, 6.07) is 7.31. The molecule has 27 heavy (non-hydrogen) atoms. The van der Waals surface area contributed by atoms with Crippen LogP contribution in [0.15, 0.2) is 30.6 Å². The van der Waals surface area contributed by atoms with E-state index in [1.807, 2.05) is 49.6 Å². The fraction of sp³-hybridized carbons (Fsp3) is 0.474. The third kappa shape index (κ3) is 4.10. The fourth-order valence-corrected chi connectivity index (χ4v) is 3.49. The van der Waals surface area contributed by atoms with Crippen molar-refractivity contribution in [1.82, 2.24) is 19.7 Å². The number of nitrogens with one attached hydrogen (secondary N) is 1. The minimum atomic E-state index is -0.857. The molecular formula is C19H25N5O3. The summed E-state index contributed by atoms with van der Waals surface area (Å²) in [5.41, 5.74) is 1.40. The highest BCUT2D eigenvalue weighted by molar-refractivity contribution is 5.94. The molecule has 0 bridgehead atoms. The highest BCUT2D eigenvalue weighted by atomic mass is 16.4. The molecule has 2 heterocycles. The van der Waals surface area contributed by atoms with Crippen LogP contribution in [0.25, 0.3) is 11.4 Å². The monoisotopic (exact) mass is 371 g/mol. The van der Waals surface area contributed by atoms with E-state index in [2.05, 4.69) is 15.5 Å². The number of para-hydroxylation sites is 1. The second kappa shape index (κ2) is 7.77. The summed E-state index contributed by atoms with van der Waals surface area (Å²) < 4.78 is 1.94. The summed E-state index contributed by atoms with van der Waals surface area (Å²) in [4.78, 5) is 25.7. The van der Waals surface area contributed by atoms with E-state index in [9.17, 15) is 14.7 Å². The lowest BCUT2D eigenvalue weighted by atomic mass is 9.91.